The van der Waals surface area contributed by atoms with Crippen molar-refractivity contribution in [1.82, 2.24) is 42.1 Å². The highest BCUT2D eigenvalue weighted by Crippen LogP contribution is 2.23. The van der Waals surface area contributed by atoms with Gasteiger partial charge in [-0.2, -0.15) is 0 Å². The van der Waals surface area contributed by atoms with Crippen LogP contribution < -0.4 is 43.0 Å². The van der Waals surface area contributed by atoms with Gasteiger partial charge in [0.05, 0.1) is 36.3 Å². The lowest BCUT2D eigenvalue weighted by Gasteiger charge is -2.32. The third-order valence-corrected chi connectivity index (χ3v) is 15.4. The van der Waals surface area contributed by atoms with Crippen LogP contribution in [0.25, 0.3) is 0 Å². The van der Waals surface area contributed by atoms with Gasteiger partial charge in [-0.25, -0.2) is 0 Å². The molecular formula is C59H85N9O12. The molecule has 0 spiro atoms. The fraction of sp³-hybridized carbons (Fsp3) is 0.559. The predicted molar refractivity (Wildman–Crippen MR) is 299 cm³/mol. The Balaban J connectivity index is 1.52. The Morgan fingerprint density at radius 2 is 0.912 bits per heavy atom. The lowest BCUT2D eigenvalue weighted by Crippen LogP contribution is -2.60. The summed E-state index contributed by atoms with van der Waals surface area (Å²) in [6.45, 7) is 9.00. The van der Waals surface area contributed by atoms with Crippen molar-refractivity contribution in [2.75, 3.05) is 26.2 Å². The van der Waals surface area contributed by atoms with Gasteiger partial charge >= 0.3 is 0 Å². The second-order valence-electron chi connectivity index (χ2n) is 22.0. The van der Waals surface area contributed by atoms with E-state index in [1.54, 1.807) is 91.0 Å². The molecule has 14 atom stereocenters. The zero-order chi connectivity index (χ0) is 58.6. The van der Waals surface area contributed by atoms with Crippen molar-refractivity contribution >= 4 is 47.3 Å². The highest BCUT2D eigenvalue weighted by atomic mass is 16.3. The van der Waals surface area contributed by atoms with E-state index in [-0.39, 0.29) is 64.0 Å². The molecule has 80 heavy (non-hydrogen) atoms. The van der Waals surface area contributed by atoms with Crippen LogP contribution in [0.15, 0.2) is 91.0 Å². The number of amides is 8. The number of nitrogens with zero attached hydrogens (tertiary/aromatic N) is 1. The van der Waals surface area contributed by atoms with Crippen LogP contribution in [0.4, 0.5) is 0 Å². The van der Waals surface area contributed by atoms with Gasteiger partial charge in [0.2, 0.25) is 47.3 Å². The van der Waals surface area contributed by atoms with Gasteiger partial charge < -0.3 is 68.3 Å². The van der Waals surface area contributed by atoms with Crippen molar-refractivity contribution in [1.29, 1.82) is 0 Å². The highest BCUT2D eigenvalue weighted by Gasteiger charge is 2.41. The SMILES string of the molecule is CC(C)C[C@@H]1NC(=O)[C@H](CCCN)NC(=O)[C@@H](C)[C@@H](O)[C@@H](C)[C@H](O)CNC(=O)[C@@H](C)[C@@H](O)[C@@H](C)[C@H](O)CNC(=O)[C@@H](Cc2ccccc2)NC(=O)[C@H](Cc2ccccc2)NC(=O)[C@@H]2CCCN2C(=O)[C@@H](Cc2ccccc2)NC1=O. The number of benzene rings is 3. The number of hydrogen-bond donors (Lipinski definition) is 12. The molecular weight excluding hydrogens is 1030 g/mol. The molecule has 0 unspecified atom stereocenters. The van der Waals surface area contributed by atoms with Crippen molar-refractivity contribution in [3.05, 3.63) is 108 Å². The molecule has 8 amide bonds. The molecule has 0 aromatic heterocycles. The highest BCUT2D eigenvalue weighted by molar-refractivity contribution is 5.97. The zero-order valence-corrected chi connectivity index (χ0v) is 46.9. The van der Waals surface area contributed by atoms with Crippen LogP contribution >= 0.6 is 0 Å². The smallest absolute Gasteiger partial charge is 0.246 e. The largest absolute Gasteiger partial charge is 0.392 e. The van der Waals surface area contributed by atoms with Crippen LogP contribution in [0.5, 0.6) is 0 Å². The number of β-amino-alcohol motifs (C(OH)–C–C–N with tert-alkyl or cyclic N) is 2. The Morgan fingerprint density at radius 3 is 1.41 bits per heavy atom. The molecule has 21 nitrogen and oxygen atoms in total. The molecule has 0 radical (unpaired) electrons. The second-order valence-corrected chi connectivity index (χ2v) is 22.0. The number of aliphatic hydroxyl groups is 4. The van der Waals surface area contributed by atoms with Crippen molar-refractivity contribution in [3.63, 3.8) is 0 Å². The number of aliphatic hydroxyl groups excluding tert-OH is 4. The number of fused-ring (bicyclic) bond motifs is 1. The van der Waals surface area contributed by atoms with Crippen molar-refractivity contribution in [3.8, 4) is 0 Å². The number of hydrogen-bond acceptors (Lipinski definition) is 13. The number of nitrogens with one attached hydrogen (secondary N) is 7. The number of carbonyl (C=O) groups excluding carboxylic acids is 8. The normalized spacial score (nSPS) is 30.0. The van der Waals surface area contributed by atoms with Gasteiger partial charge in [0, 0.05) is 50.7 Å². The summed E-state index contributed by atoms with van der Waals surface area (Å²) < 4.78 is 0. The Kier molecular flexibility index (Phi) is 25.0. The first-order chi connectivity index (χ1) is 38.1. The summed E-state index contributed by atoms with van der Waals surface area (Å²) in [4.78, 5) is 116. The zero-order valence-electron chi connectivity index (χ0n) is 46.9. The molecule has 2 fully saturated rings. The molecule has 0 bridgehead atoms. The van der Waals surface area contributed by atoms with E-state index in [1.165, 1.54) is 32.6 Å². The summed E-state index contributed by atoms with van der Waals surface area (Å²) in [6, 6.07) is 19.5. The van der Waals surface area contributed by atoms with Gasteiger partial charge in [0.15, 0.2) is 0 Å². The molecule has 2 aliphatic heterocycles. The number of rotatable bonds is 11. The Labute approximate surface area is 469 Å². The molecule has 5 rings (SSSR count). The molecule has 438 valence electrons. The lowest BCUT2D eigenvalue weighted by atomic mass is 9.87. The maximum Gasteiger partial charge on any atom is 0.246 e. The van der Waals surface area contributed by atoms with Gasteiger partial charge in [-0.05, 0) is 61.3 Å². The van der Waals surface area contributed by atoms with Gasteiger partial charge in [0.25, 0.3) is 0 Å². The van der Waals surface area contributed by atoms with Crippen LogP contribution in [0.1, 0.15) is 90.3 Å². The summed E-state index contributed by atoms with van der Waals surface area (Å²) in [7, 11) is 0. The molecule has 13 N–H and O–H groups in total. The third-order valence-electron chi connectivity index (χ3n) is 15.4. The summed E-state index contributed by atoms with van der Waals surface area (Å²) in [5.41, 5.74) is 7.89. The van der Waals surface area contributed by atoms with Crippen LogP contribution in [0, 0.1) is 29.6 Å². The van der Waals surface area contributed by atoms with E-state index in [9.17, 15) is 58.8 Å². The minimum absolute atomic E-state index is 0.000495. The van der Waals surface area contributed by atoms with Gasteiger partial charge in [-0.1, -0.05) is 133 Å². The van der Waals surface area contributed by atoms with Crippen LogP contribution in [0.3, 0.4) is 0 Å². The standard InChI is InChI=1S/C59H85N9O12/c1-34(2)28-43-56(77)67-46(31-41-22-14-9-15-23-41)59(80)68-27-17-25-47(68)58(79)66-45(30-40-20-12-8-13-21-40)57(78)65-44(29-39-18-10-7-11-19-39)54(75)62-33-49(70)35(3)50(71)37(5)52(73)61-32-48(69)36(4)51(72)38(6)53(74)63-42(24-16-26-60)55(76)64-43/h7-15,18-23,34-38,42-51,69-72H,16-17,24-33,60H2,1-6H3,(H,61,73)(H,62,75)(H,63,74)(H,64,76)(H,65,78)(H,66,79)(H,67,77)/t35-,36-,37-,38-,42-,43-,44+,45-,46+,47-,48+,49+,50-,51-/m0/s1. The quantitative estimate of drug-likeness (QED) is 0.122. The summed E-state index contributed by atoms with van der Waals surface area (Å²) >= 11 is 0. The van der Waals surface area contributed by atoms with Crippen molar-refractivity contribution in [2.45, 2.75) is 154 Å². The minimum Gasteiger partial charge on any atom is -0.392 e. The molecule has 3 aromatic carbocycles. The Morgan fingerprint density at radius 1 is 0.512 bits per heavy atom. The fourth-order valence-electron chi connectivity index (χ4n) is 10.1. The Bertz CT molecular complexity index is 2510. The van der Waals surface area contributed by atoms with Crippen LogP contribution in [-0.2, 0) is 57.6 Å². The van der Waals surface area contributed by atoms with E-state index in [0.29, 0.717) is 23.1 Å². The Hall–Kier alpha value is -6.78. The summed E-state index contributed by atoms with van der Waals surface area (Å²) in [5.74, 6) is -9.99. The van der Waals surface area contributed by atoms with E-state index in [0.717, 1.165) is 0 Å². The second kappa shape index (κ2) is 31.3. The maximum absolute atomic E-state index is 15.0. The maximum atomic E-state index is 15.0. The molecule has 2 aliphatic rings. The van der Waals surface area contributed by atoms with Crippen LogP contribution in [0.2, 0.25) is 0 Å². The van der Waals surface area contributed by atoms with E-state index < -0.39 is 145 Å². The molecule has 21 heteroatoms. The number of nitrogens with two attached hydrogens (primary N) is 1. The molecule has 0 aliphatic carbocycles. The molecule has 2 heterocycles. The minimum atomic E-state index is -1.49. The number of carbonyl (C=O) groups is 8. The first kappa shape index (κ1) is 64.0. The summed E-state index contributed by atoms with van der Waals surface area (Å²) in [6.07, 6.45) is -4.64. The fourth-order valence-corrected chi connectivity index (χ4v) is 10.1. The van der Waals surface area contributed by atoms with Crippen molar-refractivity contribution < 1.29 is 58.8 Å². The topological polar surface area (TPSA) is 331 Å². The summed E-state index contributed by atoms with van der Waals surface area (Å²) in [5, 5.41) is 64.4. The molecule has 0 saturated carbocycles. The lowest BCUT2D eigenvalue weighted by molar-refractivity contribution is -0.142. The monoisotopic (exact) mass is 1110 g/mol. The van der Waals surface area contributed by atoms with E-state index in [1.807, 2.05) is 13.8 Å². The van der Waals surface area contributed by atoms with Crippen LogP contribution in [-0.4, -0.2) is 159 Å². The third kappa shape index (κ3) is 18.7. The predicted octanol–water partition coefficient (Wildman–Crippen LogP) is 0.149. The van der Waals surface area contributed by atoms with E-state index >= 15 is 0 Å². The average molecular weight is 1110 g/mol. The van der Waals surface area contributed by atoms with Gasteiger partial charge in [-0.3, -0.25) is 38.4 Å². The molecule has 2 saturated heterocycles. The average Bonchev–Trinajstić information content (AvgIpc) is 3.95. The van der Waals surface area contributed by atoms with E-state index in [2.05, 4.69) is 37.2 Å². The van der Waals surface area contributed by atoms with Gasteiger partial charge in [-0.15, -0.1) is 0 Å². The van der Waals surface area contributed by atoms with Crippen molar-refractivity contribution in [2.24, 2.45) is 35.3 Å². The molecule has 3 aromatic rings. The first-order valence-corrected chi connectivity index (χ1v) is 28.0. The van der Waals surface area contributed by atoms with Gasteiger partial charge in [0.1, 0.15) is 36.3 Å². The first-order valence-electron chi connectivity index (χ1n) is 28.0. The van der Waals surface area contributed by atoms with E-state index in [4.69, 9.17) is 5.73 Å².